The number of fused-ring (bicyclic) bond motifs is 1. The average molecular weight is 133 g/mol. The van der Waals surface area contributed by atoms with Crippen molar-refractivity contribution in [2.24, 2.45) is 4.99 Å². The van der Waals surface area contributed by atoms with Gasteiger partial charge in [0.1, 0.15) is 0 Å². The van der Waals surface area contributed by atoms with Crippen LogP contribution in [0, 0.1) is 0 Å². The Balaban J connectivity index is 2.38. The molecular weight excluding hydrogens is 126 g/mol. The monoisotopic (exact) mass is 133 g/mol. The van der Waals surface area contributed by atoms with E-state index in [0.29, 0.717) is 0 Å². The molecule has 0 radical (unpaired) electrons. The van der Waals surface area contributed by atoms with E-state index in [2.05, 4.69) is 15.6 Å². The molecule has 0 aromatic rings. The molecule has 10 heavy (non-hydrogen) atoms. The molecule has 0 aliphatic carbocycles. The topological polar surface area (TPSA) is 36.4 Å². The van der Waals surface area contributed by atoms with Crippen LogP contribution in [0.5, 0.6) is 0 Å². The molecule has 0 unspecified atom stereocenters. The first-order chi connectivity index (χ1) is 4.97. The fourth-order valence-electron chi connectivity index (χ4n) is 0.901. The Morgan fingerprint density at radius 1 is 1.20 bits per heavy atom. The lowest BCUT2D eigenvalue weighted by molar-refractivity contribution is 0.964. The second-order valence-corrected chi connectivity index (χ2v) is 2.05. The summed E-state index contributed by atoms with van der Waals surface area (Å²) in [5.74, 6) is 0. The van der Waals surface area contributed by atoms with E-state index in [9.17, 15) is 0 Å². The van der Waals surface area contributed by atoms with E-state index in [-0.39, 0.29) is 0 Å². The molecule has 2 aliphatic rings. The summed E-state index contributed by atoms with van der Waals surface area (Å²) in [4.78, 5) is 3.93. The predicted molar refractivity (Wildman–Crippen MR) is 40.1 cm³/mol. The van der Waals surface area contributed by atoms with Gasteiger partial charge in [0.05, 0.1) is 23.9 Å². The van der Waals surface area contributed by atoms with E-state index in [1.165, 1.54) is 0 Å². The van der Waals surface area contributed by atoms with Gasteiger partial charge in [-0.05, 0) is 12.2 Å². The van der Waals surface area contributed by atoms with Crippen LogP contribution in [0.25, 0.3) is 0 Å². The van der Waals surface area contributed by atoms with E-state index in [4.69, 9.17) is 0 Å². The van der Waals surface area contributed by atoms with Gasteiger partial charge in [-0.15, -0.1) is 0 Å². The first-order valence-corrected chi connectivity index (χ1v) is 3.09. The van der Waals surface area contributed by atoms with Crippen LogP contribution in [0.15, 0.2) is 40.9 Å². The Labute approximate surface area is 58.8 Å². The molecule has 2 aliphatic heterocycles. The number of nitrogens with one attached hydrogen (secondary N) is 2. The lowest BCUT2D eigenvalue weighted by Gasteiger charge is -2.15. The van der Waals surface area contributed by atoms with Gasteiger partial charge < -0.3 is 10.6 Å². The SMILES string of the molecule is C1=CNC2=CN=CNC2=C1. The fraction of sp³-hybridized carbons (Fsp3) is 0. The van der Waals surface area contributed by atoms with Crippen molar-refractivity contribution in [2.75, 3.05) is 0 Å². The maximum atomic E-state index is 3.93. The zero-order valence-corrected chi connectivity index (χ0v) is 5.33. The third kappa shape index (κ3) is 0.719. The van der Waals surface area contributed by atoms with E-state index < -0.39 is 0 Å². The molecule has 3 heteroatoms. The summed E-state index contributed by atoms with van der Waals surface area (Å²) in [6.07, 6.45) is 9.26. The third-order valence-corrected chi connectivity index (χ3v) is 1.39. The largest absolute Gasteiger partial charge is 0.359 e. The van der Waals surface area contributed by atoms with Gasteiger partial charge in [-0.2, -0.15) is 0 Å². The molecule has 2 rings (SSSR count). The highest BCUT2D eigenvalue weighted by atomic mass is 15.0. The van der Waals surface area contributed by atoms with Gasteiger partial charge in [-0.1, -0.05) is 0 Å². The van der Waals surface area contributed by atoms with Gasteiger partial charge >= 0.3 is 0 Å². The molecule has 2 heterocycles. The van der Waals surface area contributed by atoms with Gasteiger partial charge in [0.15, 0.2) is 0 Å². The van der Waals surface area contributed by atoms with Gasteiger partial charge in [-0.3, -0.25) is 0 Å². The molecule has 0 fully saturated rings. The Bertz CT molecular complexity index is 230. The van der Waals surface area contributed by atoms with Crippen molar-refractivity contribution in [1.29, 1.82) is 0 Å². The number of nitrogens with zero attached hydrogens (tertiary/aromatic N) is 1. The highest BCUT2D eigenvalue weighted by Gasteiger charge is 2.05. The van der Waals surface area contributed by atoms with Crippen LogP contribution >= 0.6 is 0 Å². The zero-order valence-electron chi connectivity index (χ0n) is 5.33. The number of aliphatic imine (C=N–C) groups is 1. The van der Waals surface area contributed by atoms with Gasteiger partial charge in [-0.25, -0.2) is 4.99 Å². The predicted octanol–water partition coefficient (Wildman–Crippen LogP) is 0.460. The Morgan fingerprint density at radius 3 is 3.10 bits per heavy atom. The van der Waals surface area contributed by atoms with Crippen molar-refractivity contribution in [3.63, 3.8) is 0 Å². The molecule has 0 saturated heterocycles. The summed E-state index contributed by atoms with van der Waals surface area (Å²) in [6, 6.07) is 0. The second kappa shape index (κ2) is 2.02. The molecule has 0 bridgehead atoms. The quantitative estimate of drug-likeness (QED) is 0.503. The van der Waals surface area contributed by atoms with E-state index in [1.54, 1.807) is 12.5 Å². The van der Waals surface area contributed by atoms with Crippen LogP contribution in [-0.2, 0) is 0 Å². The summed E-state index contributed by atoms with van der Waals surface area (Å²) >= 11 is 0. The molecule has 0 aromatic carbocycles. The van der Waals surface area contributed by atoms with Crippen LogP contribution in [0.4, 0.5) is 0 Å². The maximum absolute atomic E-state index is 3.93. The molecule has 0 saturated carbocycles. The van der Waals surface area contributed by atoms with Crippen molar-refractivity contribution >= 4 is 6.34 Å². The van der Waals surface area contributed by atoms with E-state index >= 15 is 0 Å². The smallest absolute Gasteiger partial charge is 0.0924 e. The van der Waals surface area contributed by atoms with Gasteiger partial charge in [0.2, 0.25) is 0 Å². The molecule has 0 amide bonds. The molecular formula is C7H7N3. The second-order valence-electron chi connectivity index (χ2n) is 2.05. The van der Waals surface area contributed by atoms with Crippen molar-refractivity contribution < 1.29 is 0 Å². The van der Waals surface area contributed by atoms with Crippen molar-refractivity contribution in [3.8, 4) is 0 Å². The Kier molecular flexibility index (Phi) is 1.07. The highest BCUT2D eigenvalue weighted by molar-refractivity contribution is 5.64. The molecule has 2 N–H and O–H groups in total. The zero-order chi connectivity index (χ0) is 6.81. The number of rotatable bonds is 0. The summed E-state index contributed by atoms with van der Waals surface area (Å²) in [6.45, 7) is 0. The summed E-state index contributed by atoms with van der Waals surface area (Å²) in [5, 5.41) is 6.07. The molecule has 0 aromatic heterocycles. The minimum atomic E-state index is 1.02. The first-order valence-electron chi connectivity index (χ1n) is 3.09. The summed E-state index contributed by atoms with van der Waals surface area (Å²) in [7, 11) is 0. The van der Waals surface area contributed by atoms with E-state index in [1.807, 2.05) is 18.4 Å². The van der Waals surface area contributed by atoms with Crippen LogP contribution in [0.1, 0.15) is 0 Å². The summed E-state index contributed by atoms with van der Waals surface area (Å²) in [5.41, 5.74) is 2.09. The minimum Gasteiger partial charge on any atom is -0.359 e. The molecule has 3 nitrogen and oxygen atoms in total. The molecule has 50 valence electrons. The highest BCUT2D eigenvalue weighted by Crippen LogP contribution is 2.09. The van der Waals surface area contributed by atoms with Crippen molar-refractivity contribution in [1.82, 2.24) is 10.6 Å². The lowest BCUT2D eigenvalue weighted by Crippen LogP contribution is -2.23. The first kappa shape index (κ1) is 5.29. The third-order valence-electron chi connectivity index (χ3n) is 1.39. The standard InChI is InChI=1S/C7H7N3/c1-2-6-7(9-3-1)4-8-5-10-6/h1-5,9H,(H,8,10). The van der Waals surface area contributed by atoms with Crippen LogP contribution < -0.4 is 10.6 Å². The number of allylic oxidation sites excluding steroid dienone is 2. The van der Waals surface area contributed by atoms with Crippen molar-refractivity contribution in [2.45, 2.75) is 0 Å². The Morgan fingerprint density at radius 2 is 2.20 bits per heavy atom. The number of hydrogen-bond donors (Lipinski definition) is 2. The average Bonchev–Trinajstić information content (AvgIpc) is 2.05. The molecule has 0 atom stereocenters. The lowest BCUT2D eigenvalue weighted by atomic mass is 10.2. The molecule has 0 spiro atoms. The van der Waals surface area contributed by atoms with Crippen LogP contribution in [0.3, 0.4) is 0 Å². The van der Waals surface area contributed by atoms with Crippen LogP contribution in [0.2, 0.25) is 0 Å². The number of dihydropyridines is 1. The van der Waals surface area contributed by atoms with Crippen molar-refractivity contribution in [3.05, 3.63) is 35.9 Å². The number of hydrogen-bond acceptors (Lipinski definition) is 3. The maximum Gasteiger partial charge on any atom is 0.0924 e. The Hall–Kier alpha value is -1.51. The minimum absolute atomic E-state index is 1.02. The van der Waals surface area contributed by atoms with Gasteiger partial charge in [0, 0.05) is 6.20 Å². The van der Waals surface area contributed by atoms with Crippen LogP contribution in [-0.4, -0.2) is 6.34 Å². The normalized spacial score (nSPS) is 20.0. The van der Waals surface area contributed by atoms with Gasteiger partial charge in [0.25, 0.3) is 0 Å². The fourth-order valence-corrected chi connectivity index (χ4v) is 0.901. The van der Waals surface area contributed by atoms with E-state index in [0.717, 1.165) is 11.4 Å². The summed E-state index contributed by atoms with van der Waals surface area (Å²) < 4.78 is 0.